The number of ether oxygens (including phenoxy) is 2. The normalized spacial score (nSPS) is 15.7. The highest BCUT2D eigenvalue weighted by molar-refractivity contribution is 5.99. The molecule has 0 spiro atoms. The molecule has 2 aromatic carbocycles. The van der Waals surface area contributed by atoms with Gasteiger partial charge >= 0.3 is 0 Å². The van der Waals surface area contributed by atoms with Gasteiger partial charge in [-0.05, 0) is 43.2 Å². The Bertz CT molecular complexity index is 1160. The number of amides is 1. The largest absolute Gasteiger partial charge is 0.493 e. The molecule has 4 rings (SSSR count). The van der Waals surface area contributed by atoms with E-state index in [1.807, 2.05) is 32.0 Å². The van der Waals surface area contributed by atoms with E-state index in [4.69, 9.17) is 13.9 Å². The van der Waals surface area contributed by atoms with Gasteiger partial charge in [0, 0.05) is 6.54 Å². The Morgan fingerprint density at radius 1 is 1.03 bits per heavy atom. The standard InChI is InChI=1S/C23H23NO5/c1-5-10-24-20(14-7-9-17(27-3)18(12-14)28-4)19-21(25)15-11-13(2)6-8-16(15)29-22(19)23(24)26/h6-9,11-12,20H,5,10H2,1-4H3. The van der Waals surface area contributed by atoms with Crippen LogP contribution in [0.4, 0.5) is 0 Å². The van der Waals surface area contributed by atoms with Crippen LogP contribution in [0.15, 0.2) is 45.6 Å². The molecule has 6 nitrogen and oxygen atoms in total. The van der Waals surface area contributed by atoms with Crippen molar-refractivity contribution in [3.63, 3.8) is 0 Å². The first-order valence-corrected chi connectivity index (χ1v) is 9.60. The van der Waals surface area contributed by atoms with Crippen molar-refractivity contribution in [2.45, 2.75) is 26.3 Å². The van der Waals surface area contributed by atoms with Crippen molar-refractivity contribution in [3.05, 3.63) is 69.1 Å². The van der Waals surface area contributed by atoms with E-state index in [2.05, 4.69) is 0 Å². The van der Waals surface area contributed by atoms with Crippen LogP contribution in [0.5, 0.6) is 11.5 Å². The fourth-order valence-corrected chi connectivity index (χ4v) is 3.98. The lowest BCUT2D eigenvalue weighted by Crippen LogP contribution is -2.30. The molecule has 1 amide bonds. The minimum absolute atomic E-state index is 0.125. The second-order valence-corrected chi connectivity index (χ2v) is 7.19. The second kappa shape index (κ2) is 7.28. The summed E-state index contributed by atoms with van der Waals surface area (Å²) in [5.41, 5.74) is 2.38. The van der Waals surface area contributed by atoms with Crippen LogP contribution in [0.1, 0.15) is 46.6 Å². The molecule has 0 radical (unpaired) electrons. The van der Waals surface area contributed by atoms with Gasteiger partial charge in [-0.2, -0.15) is 0 Å². The Balaban J connectivity index is 1.99. The summed E-state index contributed by atoms with van der Waals surface area (Å²) < 4.78 is 16.7. The molecule has 150 valence electrons. The van der Waals surface area contributed by atoms with E-state index in [1.54, 1.807) is 37.3 Å². The molecular formula is C23H23NO5. The maximum atomic E-state index is 13.4. The van der Waals surface area contributed by atoms with Crippen LogP contribution in [0, 0.1) is 6.92 Å². The van der Waals surface area contributed by atoms with Crippen molar-refractivity contribution in [1.29, 1.82) is 0 Å². The Morgan fingerprint density at radius 3 is 2.48 bits per heavy atom. The predicted octanol–water partition coefficient (Wildman–Crippen LogP) is 4.07. The van der Waals surface area contributed by atoms with Crippen LogP contribution < -0.4 is 14.9 Å². The van der Waals surface area contributed by atoms with E-state index in [-0.39, 0.29) is 17.1 Å². The quantitative estimate of drug-likeness (QED) is 0.653. The molecule has 1 atom stereocenters. The molecule has 0 aliphatic carbocycles. The summed E-state index contributed by atoms with van der Waals surface area (Å²) in [6.07, 6.45) is 0.760. The first-order chi connectivity index (χ1) is 14.0. The molecule has 0 saturated heterocycles. The Labute approximate surface area is 168 Å². The van der Waals surface area contributed by atoms with Crippen LogP contribution in [-0.2, 0) is 0 Å². The number of hydrogen-bond acceptors (Lipinski definition) is 5. The molecule has 1 aliphatic rings. The van der Waals surface area contributed by atoms with Crippen LogP contribution >= 0.6 is 0 Å². The monoisotopic (exact) mass is 393 g/mol. The number of hydrogen-bond donors (Lipinski definition) is 0. The summed E-state index contributed by atoms with van der Waals surface area (Å²) in [6, 6.07) is 10.3. The van der Waals surface area contributed by atoms with Crippen molar-refractivity contribution < 1.29 is 18.7 Å². The lowest BCUT2D eigenvalue weighted by molar-refractivity contribution is 0.0728. The number of fused-ring (bicyclic) bond motifs is 2. The minimum Gasteiger partial charge on any atom is -0.493 e. The average Bonchev–Trinajstić information content (AvgIpc) is 3.00. The molecule has 0 fully saturated rings. The average molecular weight is 393 g/mol. The molecule has 6 heteroatoms. The number of carbonyl (C=O) groups excluding carboxylic acids is 1. The molecule has 1 unspecified atom stereocenters. The molecule has 0 bridgehead atoms. The minimum atomic E-state index is -0.529. The Hall–Kier alpha value is -3.28. The summed E-state index contributed by atoms with van der Waals surface area (Å²) >= 11 is 0. The van der Waals surface area contributed by atoms with Crippen molar-refractivity contribution in [1.82, 2.24) is 4.90 Å². The van der Waals surface area contributed by atoms with Crippen molar-refractivity contribution in [2.24, 2.45) is 0 Å². The van der Waals surface area contributed by atoms with E-state index in [9.17, 15) is 9.59 Å². The van der Waals surface area contributed by atoms with Crippen LogP contribution in [0.2, 0.25) is 0 Å². The lowest BCUT2D eigenvalue weighted by atomic mass is 9.97. The van der Waals surface area contributed by atoms with Gasteiger partial charge in [-0.15, -0.1) is 0 Å². The summed E-state index contributed by atoms with van der Waals surface area (Å²) in [4.78, 5) is 28.3. The highest BCUT2D eigenvalue weighted by Gasteiger charge is 2.42. The number of rotatable bonds is 5. The van der Waals surface area contributed by atoms with Gasteiger partial charge in [0.2, 0.25) is 5.76 Å². The third-order valence-electron chi connectivity index (χ3n) is 5.31. The Kier molecular flexibility index (Phi) is 4.78. The summed E-state index contributed by atoms with van der Waals surface area (Å²) in [5.74, 6) is 0.994. The first-order valence-electron chi connectivity index (χ1n) is 9.60. The zero-order valence-electron chi connectivity index (χ0n) is 16.9. The Morgan fingerprint density at radius 2 is 1.79 bits per heavy atom. The number of aryl methyl sites for hydroxylation is 1. The highest BCUT2D eigenvalue weighted by Crippen LogP contribution is 2.40. The first kappa shape index (κ1) is 19.1. The molecular weight excluding hydrogens is 370 g/mol. The van der Waals surface area contributed by atoms with E-state index in [0.717, 1.165) is 17.5 Å². The molecule has 3 aromatic rings. The predicted molar refractivity (Wildman–Crippen MR) is 110 cm³/mol. The van der Waals surface area contributed by atoms with E-state index in [1.165, 1.54) is 0 Å². The lowest BCUT2D eigenvalue weighted by Gasteiger charge is -2.25. The fraction of sp³-hybridized carbons (Fsp3) is 0.304. The van der Waals surface area contributed by atoms with Gasteiger partial charge in [-0.3, -0.25) is 9.59 Å². The van der Waals surface area contributed by atoms with Crippen molar-refractivity contribution in [3.8, 4) is 11.5 Å². The third-order valence-corrected chi connectivity index (χ3v) is 5.31. The summed E-state index contributed by atoms with van der Waals surface area (Å²) in [7, 11) is 3.13. The number of benzene rings is 2. The third kappa shape index (κ3) is 2.95. The van der Waals surface area contributed by atoms with E-state index < -0.39 is 6.04 Å². The van der Waals surface area contributed by atoms with Crippen LogP contribution in [-0.4, -0.2) is 31.6 Å². The number of methoxy groups -OCH3 is 2. The summed E-state index contributed by atoms with van der Waals surface area (Å²) in [5, 5.41) is 0.486. The molecule has 29 heavy (non-hydrogen) atoms. The number of carbonyl (C=O) groups is 1. The maximum Gasteiger partial charge on any atom is 0.290 e. The maximum absolute atomic E-state index is 13.4. The van der Waals surface area contributed by atoms with E-state index in [0.29, 0.717) is 34.6 Å². The van der Waals surface area contributed by atoms with Gasteiger partial charge in [0.1, 0.15) is 5.58 Å². The molecule has 1 aromatic heterocycles. The van der Waals surface area contributed by atoms with Gasteiger partial charge in [0.25, 0.3) is 5.91 Å². The van der Waals surface area contributed by atoms with Crippen molar-refractivity contribution >= 4 is 16.9 Å². The highest BCUT2D eigenvalue weighted by atomic mass is 16.5. The zero-order chi connectivity index (χ0) is 20.7. The molecule has 0 saturated carbocycles. The molecule has 0 N–H and O–H groups in total. The molecule has 1 aliphatic heterocycles. The van der Waals surface area contributed by atoms with Crippen molar-refractivity contribution in [2.75, 3.05) is 20.8 Å². The fourth-order valence-electron chi connectivity index (χ4n) is 3.98. The number of nitrogens with zero attached hydrogens (tertiary/aromatic N) is 1. The summed E-state index contributed by atoms with van der Waals surface area (Å²) in [6.45, 7) is 4.43. The molecule has 2 heterocycles. The van der Waals surface area contributed by atoms with Gasteiger partial charge in [0.05, 0.1) is 31.2 Å². The van der Waals surface area contributed by atoms with Gasteiger partial charge in [-0.25, -0.2) is 0 Å². The van der Waals surface area contributed by atoms with Crippen LogP contribution in [0.3, 0.4) is 0 Å². The zero-order valence-corrected chi connectivity index (χ0v) is 16.9. The van der Waals surface area contributed by atoms with Gasteiger partial charge in [-0.1, -0.05) is 24.6 Å². The van der Waals surface area contributed by atoms with Gasteiger partial charge < -0.3 is 18.8 Å². The van der Waals surface area contributed by atoms with Crippen LogP contribution in [0.25, 0.3) is 11.0 Å². The van der Waals surface area contributed by atoms with Gasteiger partial charge in [0.15, 0.2) is 16.9 Å². The topological polar surface area (TPSA) is 69.0 Å². The smallest absolute Gasteiger partial charge is 0.290 e. The SMILES string of the molecule is CCCN1C(=O)c2oc3ccc(C)cc3c(=O)c2C1c1ccc(OC)c(OC)c1. The second-order valence-electron chi connectivity index (χ2n) is 7.19. The van der Waals surface area contributed by atoms with E-state index >= 15 is 0 Å².